The number of carbonyl (C=O) groups is 2. The molecule has 0 saturated heterocycles. The summed E-state index contributed by atoms with van der Waals surface area (Å²) in [6.07, 6.45) is 0.862. The zero-order valence-corrected chi connectivity index (χ0v) is 23.9. The van der Waals surface area contributed by atoms with E-state index in [9.17, 15) is 14.7 Å². The second-order valence-electron chi connectivity index (χ2n) is 10.0. The van der Waals surface area contributed by atoms with Gasteiger partial charge < -0.3 is 19.0 Å². The molecule has 0 radical (unpaired) electrons. The highest BCUT2D eigenvalue weighted by molar-refractivity contribution is 7.22. The van der Waals surface area contributed by atoms with Crippen molar-refractivity contribution in [3.8, 4) is 11.5 Å². The number of para-hydroxylation sites is 1. The highest BCUT2D eigenvalue weighted by Gasteiger charge is 2.46. The van der Waals surface area contributed by atoms with Gasteiger partial charge in [0.05, 0.1) is 35.5 Å². The number of Topliss-reactive ketones (excluding diaryl/α,β-unsaturated/α-hetero) is 1. The van der Waals surface area contributed by atoms with Crippen LogP contribution in [0.25, 0.3) is 21.2 Å². The van der Waals surface area contributed by atoms with E-state index in [0.29, 0.717) is 39.8 Å². The van der Waals surface area contributed by atoms with Crippen LogP contribution in [-0.2, 0) is 4.79 Å². The Morgan fingerprint density at radius 3 is 2.63 bits per heavy atom. The molecular formula is C32H28N2O6S. The van der Waals surface area contributed by atoms with Gasteiger partial charge in [-0.05, 0) is 67.3 Å². The Kier molecular flexibility index (Phi) is 6.75. The van der Waals surface area contributed by atoms with Gasteiger partial charge in [-0.3, -0.25) is 14.5 Å². The first kappa shape index (κ1) is 26.6. The predicted octanol–water partition coefficient (Wildman–Crippen LogP) is 7.24. The average Bonchev–Trinajstić information content (AvgIpc) is 3.66. The van der Waals surface area contributed by atoms with Crippen LogP contribution in [0.2, 0.25) is 0 Å². The SMILES string of the molecule is CCCOc1ccc(C2C(C(=O)c3cc4cccc(OC)c4o3)=C(O)C(=O)N2c2nc3c(C)cc(C)cc3s2)cc1. The molecular weight excluding hydrogens is 540 g/mol. The Bertz CT molecular complexity index is 1850. The molecule has 3 aromatic carbocycles. The van der Waals surface area contributed by atoms with Crippen molar-refractivity contribution in [1.82, 2.24) is 4.98 Å². The number of methoxy groups -OCH3 is 1. The van der Waals surface area contributed by atoms with Gasteiger partial charge in [0.25, 0.3) is 5.91 Å². The van der Waals surface area contributed by atoms with Crippen LogP contribution in [0.15, 0.2) is 76.4 Å². The number of carbonyl (C=O) groups excluding carboxylic acids is 2. The van der Waals surface area contributed by atoms with E-state index < -0.39 is 23.5 Å². The normalized spacial score (nSPS) is 15.4. The first-order valence-electron chi connectivity index (χ1n) is 13.3. The van der Waals surface area contributed by atoms with Gasteiger partial charge in [0.2, 0.25) is 5.78 Å². The number of aromatic nitrogens is 1. The number of hydrogen-bond acceptors (Lipinski definition) is 8. The number of benzene rings is 3. The fourth-order valence-corrected chi connectivity index (χ4v) is 6.39. The number of thiazole rings is 1. The van der Waals surface area contributed by atoms with E-state index in [0.717, 1.165) is 27.8 Å². The third-order valence-electron chi connectivity index (χ3n) is 7.10. The number of hydrogen-bond donors (Lipinski definition) is 1. The van der Waals surface area contributed by atoms with Crippen LogP contribution in [0.5, 0.6) is 11.5 Å². The Morgan fingerprint density at radius 2 is 1.90 bits per heavy atom. The lowest BCUT2D eigenvalue weighted by atomic mass is 9.95. The van der Waals surface area contributed by atoms with Crippen LogP contribution in [0.4, 0.5) is 5.13 Å². The fourth-order valence-electron chi connectivity index (χ4n) is 5.22. The molecule has 8 nitrogen and oxygen atoms in total. The number of nitrogens with zero attached hydrogens (tertiary/aromatic N) is 2. The molecule has 1 unspecified atom stereocenters. The lowest BCUT2D eigenvalue weighted by Gasteiger charge is -2.24. The molecule has 0 aliphatic carbocycles. The van der Waals surface area contributed by atoms with E-state index in [2.05, 4.69) is 0 Å². The third kappa shape index (κ3) is 4.52. The largest absolute Gasteiger partial charge is 0.503 e. The standard InChI is InChI=1S/C32H28N2O6S/c1-5-13-39-21-11-9-19(10-12-21)27-25(28(35)23-16-20-7-6-8-22(38-4)30(20)40-23)29(36)31(37)34(27)32-33-26-18(3)14-17(2)15-24(26)41-32/h6-12,14-16,27,36H,5,13H2,1-4H3. The number of ether oxygens (including phenoxy) is 2. The van der Waals surface area contributed by atoms with Gasteiger partial charge in [0.1, 0.15) is 5.75 Å². The summed E-state index contributed by atoms with van der Waals surface area (Å²) in [5.74, 6) is -0.797. The fraction of sp³-hybridized carbons (Fsp3) is 0.219. The summed E-state index contributed by atoms with van der Waals surface area (Å²) >= 11 is 1.34. The molecule has 0 spiro atoms. The molecule has 1 aliphatic rings. The molecule has 41 heavy (non-hydrogen) atoms. The van der Waals surface area contributed by atoms with Gasteiger partial charge in [-0.1, -0.05) is 48.6 Å². The summed E-state index contributed by atoms with van der Waals surface area (Å²) in [5.41, 5.74) is 3.78. The molecule has 1 N–H and O–H groups in total. The number of anilines is 1. The molecule has 0 fully saturated rings. The maximum absolute atomic E-state index is 14.0. The number of rotatable bonds is 8. The van der Waals surface area contributed by atoms with Gasteiger partial charge in [-0.2, -0.15) is 0 Å². The van der Waals surface area contributed by atoms with E-state index in [1.54, 1.807) is 48.5 Å². The molecule has 6 rings (SSSR count). The molecule has 9 heteroatoms. The molecule has 0 bridgehead atoms. The number of amides is 1. The van der Waals surface area contributed by atoms with E-state index >= 15 is 0 Å². The maximum atomic E-state index is 14.0. The smallest absolute Gasteiger partial charge is 0.296 e. The molecule has 1 aliphatic heterocycles. The molecule has 1 amide bonds. The molecule has 5 aromatic rings. The number of aliphatic hydroxyl groups excluding tert-OH is 1. The molecule has 1 atom stereocenters. The Balaban J connectivity index is 1.49. The maximum Gasteiger partial charge on any atom is 0.296 e. The summed E-state index contributed by atoms with van der Waals surface area (Å²) in [5, 5.41) is 12.3. The monoisotopic (exact) mass is 568 g/mol. The summed E-state index contributed by atoms with van der Waals surface area (Å²) < 4.78 is 18.0. The van der Waals surface area contributed by atoms with Crippen LogP contribution >= 0.6 is 11.3 Å². The zero-order chi connectivity index (χ0) is 28.8. The van der Waals surface area contributed by atoms with Crippen molar-refractivity contribution in [3.63, 3.8) is 0 Å². The van der Waals surface area contributed by atoms with Crippen LogP contribution in [0.3, 0.4) is 0 Å². The highest BCUT2D eigenvalue weighted by Crippen LogP contribution is 2.45. The first-order chi connectivity index (χ1) is 19.8. The van der Waals surface area contributed by atoms with Crippen LogP contribution in [0.1, 0.15) is 46.6 Å². The van der Waals surface area contributed by atoms with Crippen molar-refractivity contribution < 1.29 is 28.6 Å². The summed E-state index contributed by atoms with van der Waals surface area (Å²) in [6.45, 7) is 6.57. The minimum atomic E-state index is -0.938. The minimum absolute atomic E-state index is 0.00984. The van der Waals surface area contributed by atoms with E-state index in [-0.39, 0.29) is 11.3 Å². The van der Waals surface area contributed by atoms with Gasteiger partial charge >= 0.3 is 0 Å². The minimum Gasteiger partial charge on any atom is -0.503 e. The van der Waals surface area contributed by atoms with E-state index in [1.807, 2.05) is 32.9 Å². The van der Waals surface area contributed by atoms with Gasteiger partial charge in [-0.15, -0.1) is 0 Å². The van der Waals surface area contributed by atoms with Crippen molar-refractivity contribution in [2.75, 3.05) is 18.6 Å². The molecule has 0 saturated carbocycles. The Morgan fingerprint density at radius 1 is 1.12 bits per heavy atom. The van der Waals surface area contributed by atoms with Gasteiger partial charge in [0.15, 0.2) is 28.0 Å². The first-order valence-corrected chi connectivity index (χ1v) is 14.1. The van der Waals surface area contributed by atoms with Crippen molar-refractivity contribution in [2.24, 2.45) is 0 Å². The van der Waals surface area contributed by atoms with Crippen molar-refractivity contribution in [1.29, 1.82) is 0 Å². The number of aryl methyl sites for hydroxylation is 2. The summed E-state index contributed by atoms with van der Waals surface area (Å²) in [7, 11) is 1.52. The average molecular weight is 569 g/mol. The zero-order valence-electron chi connectivity index (χ0n) is 23.1. The lowest BCUT2D eigenvalue weighted by molar-refractivity contribution is -0.117. The van der Waals surface area contributed by atoms with Crippen LogP contribution in [0, 0.1) is 13.8 Å². The lowest BCUT2D eigenvalue weighted by Crippen LogP contribution is -2.30. The third-order valence-corrected chi connectivity index (χ3v) is 8.10. The Hall–Kier alpha value is -4.63. The van der Waals surface area contributed by atoms with Crippen molar-refractivity contribution in [3.05, 3.63) is 94.4 Å². The number of aliphatic hydroxyl groups is 1. The number of ketones is 1. The van der Waals surface area contributed by atoms with Crippen molar-refractivity contribution >= 4 is 49.3 Å². The summed E-state index contributed by atoms with van der Waals surface area (Å²) in [4.78, 5) is 33.9. The quantitative estimate of drug-likeness (QED) is 0.197. The molecule has 208 valence electrons. The predicted molar refractivity (Wildman–Crippen MR) is 158 cm³/mol. The topological polar surface area (TPSA) is 102 Å². The van der Waals surface area contributed by atoms with Crippen molar-refractivity contribution in [2.45, 2.75) is 33.2 Å². The van der Waals surface area contributed by atoms with Gasteiger partial charge in [0, 0.05) is 5.39 Å². The Labute approximate surface area is 240 Å². The number of furan rings is 1. The van der Waals surface area contributed by atoms with Gasteiger partial charge in [-0.25, -0.2) is 4.98 Å². The van der Waals surface area contributed by atoms with E-state index in [4.69, 9.17) is 18.9 Å². The second kappa shape index (κ2) is 10.4. The van der Waals surface area contributed by atoms with Crippen LogP contribution in [-0.4, -0.2) is 35.5 Å². The number of fused-ring (bicyclic) bond motifs is 2. The second-order valence-corrected chi connectivity index (χ2v) is 11.0. The summed E-state index contributed by atoms with van der Waals surface area (Å²) in [6, 6.07) is 17.2. The molecule has 2 aromatic heterocycles. The van der Waals surface area contributed by atoms with E-state index in [1.165, 1.54) is 23.3 Å². The van der Waals surface area contributed by atoms with Crippen LogP contribution < -0.4 is 14.4 Å². The molecule has 3 heterocycles. The highest BCUT2D eigenvalue weighted by atomic mass is 32.1.